The van der Waals surface area contributed by atoms with E-state index < -0.39 is 0 Å². The highest BCUT2D eigenvalue weighted by Gasteiger charge is 2.04. The Morgan fingerprint density at radius 2 is 2.33 bits per heavy atom. The summed E-state index contributed by atoms with van der Waals surface area (Å²) in [5, 5.41) is 8.79. The number of nitrogens with zero attached hydrogens (tertiary/aromatic N) is 1. The molecule has 1 rings (SSSR count). The van der Waals surface area contributed by atoms with Gasteiger partial charge in [-0.25, -0.2) is 0 Å². The van der Waals surface area contributed by atoms with Crippen molar-refractivity contribution in [2.24, 2.45) is 0 Å². The topological polar surface area (TPSA) is 33.0 Å². The number of halogens is 1. The quantitative estimate of drug-likeness (QED) is 0.775. The van der Waals surface area contributed by atoms with Gasteiger partial charge in [-0.3, -0.25) is 0 Å². The smallest absolute Gasteiger partial charge is 0.101 e. The average Bonchev–Trinajstić information content (AvgIpc) is 2.05. The molecule has 12 heavy (non-hydrogen) atoms. The van der Waals surface area contributed by atoms with Crippen molar-refractivity contribution < 1.29 is 4.74 Å². The van der Waals surface area contributed by atoms with Crippen molar-refractivity contribution in [3.8, 4) is 6.07 Å². The van der Waals surface area contributed by atoms with Gasteiger partial charge >= 0.3 is 0 Å². The molecule has 1 aromatic carbocycles. The van der Waals surface area contributed by atoms with Gasteiger partial charge in [0.15, 0.2) is 0 Å². The molecule has 0 aromatic heterocycles. The first-order chi connectivity index (χ1) is 5.79. The van der Waals surface area contributed by atoms with Crippen LogP contribution in [0.3, 0.4) is 0 Å². The lowest BCUT2D eigenvalue weighted by Crippen LogP contribution is -1.92. The van der Waals surface area contributed by atoms with E-state index in [-0.39, 0.29) is 0 Å². The summed E-state index contributed by atoms with van der Waals surface area (Å²) in [5.74, 6) is 0. The molecule has 0 heterocycles. The highest BCUT2D eigenvalue weighted by molar-refractivity contribution is 9.10. The fourth-order valence-electron chi connectivity index (χ4n) is 0.970. The first-order valence-corrected chi connectivity index (χ1v) is 4.25. The maximum absolute atomic E-state index is 8.79. The van der Waals surface area contributed by atoms with Gasteiger partial charge < -0.3 is 4.74 Å². The van der Waals surface area contributed by atoms with Crippen molar-refractivity contribution in [3.63, 3.8) is 0 Å². The molecule has 0 N–H and O–H groups in total. The molecule has 0 saturated carbocycles. The fraction of sp³-hybridized carbons (Fsp3) is 0.222. The summed E-state index contributed by atoms with van der Waals surface area (Å²) in [6, 6.07) is 7.74. The van der Waals surface area contributed by atoms with Crippen molar-refractivity contribution in [2.45, 2.75) is 6.61 Å². The molecule has 0 aliphatic heterocycles. The number of ether oxygens (including phenoxy) is 1. The van der Waals surface area contributed by atoms with E-state index in [0.717, 1.165) is 10.0 Å². The Morgan fingerprint density at radius 1 is 1.58 bits per heavy atom. The molecule has 0 atom stereocenters. The zero-order valence-electron chi connectivity index (χ0n) is 6.67. The molecule has 3 heteroatoms. The van der Waals surface area contributed by atoms with Crippen LogP contribution >= 0.6 is 15.9 Å². The van der Waals surface area contributed by atoms with E-state index in [9.17, 15) is 0 Å². The highest BCUT2D eigenvalue weighted by Crippen LogP contribution is 2.19. The molecule has 1 aromatic rings. The molecule has 62 valence electrons. The molecule has 0 saturated heterocycles. The third-order valence-corrected chi connectivity index (χ3v) is 2.17. The molecule has 0 radical (unpaired) electrons. The largest absolute Gasteiger partial charge is 0.380 e. The first-order valence-electron chi connectivity index (χ1n) is 3.46. The highest BCUT2D eigenvalue weighted by atomic mass is 79.9. The Balaban J connectivity index is 3.11. The van der Waals surface area contributed by atoms with E-state index in [0.29, 0.717) is 12.2 Å². The van der Waals surface area contributed by atoms with Gasteiger partial charge in [0.05, 0.1) is 12.2 Å². The molecule has 0 amide bonds. The van der Waals surface area contributed by atoms with Crippen LogP contribution in [0.2, 0.25) is 0 Å². The maximum atomic E-state index is 8.79. The molecule has 0 spiro atoms. The van der Waals surface area contributed by atoms with Crippen LogP contribution in [0, 0.1) is 11.3 Å². The van der Waals surface area contributed by atoms with Gasteiger partial charge in [-0.05, 0) is 27.6 Å². The number of nitriles is 1. The number of methoxy groups -OCH3 is 1. The summed E-state index contributed by atoms with van der Waals surface area (Å²) in [5.41, 5.74) is 1.56. The van der Waals surface area contributed by atoms with Crippen LogP contribution in [-0.4, -0.2) is 7.11 Å². The predicted octanol–water partition coefficient (Wildman–Crippen LogP) is 2.47. The van der Waals surface area contributed by atoms with Crippen molar-refractivity contribution in [1.82, 2.24) is 0 Å². The summed E-state index contributed by atoms with van der Waals surface area (Å²) >= 11 is 3.30. The number of benzene rings is 1. The molecule has 0 aliphatic rings. The van der Waals surface area contributed by atoms with E-state index in [2.05, 4.69) is 22.0 Å². The third kappa shape index (κ3) is 1.84. The first kappa shape index (κ1) is 9.24. The molecule has 2 nitrogen and oxygen atoms in total. The second kappa shape index (κ2) is 4.24. The van der Waals surface area contributed by atoms with E-state index in [1.165, 1.54) is 0 Å². The van der Waals surface area contributed by atoms with Crippen molar-refractivity contribution in [2.75, 3.05) is 7.11 Å². The zero-order chi connectivity index (χ0) is 8.97. The van der Waals surface area contributed by atoms with Gasteiger partial charge in [-0.2, -0.15) is 5.26 Å². The number of hydrogen-bond acceptors (Lipinski definition) is 2. The summed E-state index contributed by atoms with van der Waals surface area (Å²) in [7, 11) is 1.61. The summed E-state index contributed by atoms with van der Waals surface area (Å²) in [6.45, 7) is 0.475. The predicted molar refractivity (Wildman–Crippen MR) is 49.6 cm³/mol. The van der Waals surface area contributed by atoms with Crippen LogP contribution in [0.5, 0.6) is 0 Å². The van der Waals surface area contributed by atoms with Gasteiger partial charge in [0, 0.05) is 11.6 Å². The molecule has 0 aliphatic carbocycles. The van der Waals surface area contributed by atoms with Crippen LogP contribution in [-0.2, 0) is 11.3 Å². The lowest BCUT2D eigenvalue weighted by molar-refractivity contribution is 0.184. The number of hydrogen-bond donors (Lipinski definition) is 0. The third-order valence-electron chi connectivity index (χ3n) is 1.51. The molecule has 0 fully saturated rings. The van der Waals surface area contributed by atoms with E-state index in [1.807, 2.05) is 18.2 Å². The van der Waals surface area contributed by atoms with Crippen molar-refractivity contribution in [1.29, 1.82) is 5.26 Å². The van der Waals surface area contributed by atoms with Gasteiger partial charge in [-0.15, -0.1) is 0 Å². The Morgan fingerprint density at radius 3 is 2.92 bits per heavy atom. The standard InChI is InChI=1S/C9H8BrNO/c1-12-6-7-3-2-4-9(10)8(7)5-11/h2-4H,6H2,1H3. The van der Waals surface area contributed by atoms with Gasteiger partial charge in [0.2, 0.25) is 0 Å². The van der Waals surface area contributed by atoms with Gasteiger partial charge in [0.1, 0.15) is 6.07 Å². The van der Waals surface area contributed by atoms with E-state index >= 15 is 0 Å². The van der Waals surface area contributed by atoms with Crippen molar-refractivity contribution in [3.05, 3.63) is 33.8 Å². The van der Waals surface area contributed by atoms with Crippen LogP contribution in [0.4, 0.5) is 0 Å². The second-order valence-electron chi connectivity index (χ2n) is 2.32. The minimum atomic E-state index is 0.475. The van der Waals surface area contributed by atoms with Gasteiger partial charge in [0.25, 0.3) is 0 Å². The Hall–Kier alpha value is -0.850. The zero-order valence-corrected chi connectivity index (χ0v) is 8.26. The van der Waals surface area contributed by atoms with Crippen LogP contribution < -0.4 is 0 Å². The minimum absolute atomic E-state index is 0.475. The Labute approximate surface area is 79.9 Å². The molecular formula is C9H8BrNO. The van der Waals surface area contributed by atoms with Crippen molar-refractivity contribution >= 4 is 15.9 Å². The molecular weight excluding hydrogens is 218 g/mol. The maximum Gasteiger partial charge on any atom is 0.101 e. The monoisotopic (exact) mass is 225 g/mol. The lowest BCUT2D eigenvalue weighted by atomic mass is 10.1. The summed E-state index contributed by atoms with van der Waals surface area (Å²) in [6.07, 6.45) is 0. The average molecular weight is 226 g/mol. The van der Waals surface area contributed by atoms with E-state index in [4.69, 9.17) is 10.00 Å². The normalized spacial score (nSPS) is 9.42. The lowest BCUT2D eigenvalue weighted by Gasteiger charge is -2.02. The minimum Gasteiger partial charge on any atom is -0.380 e. The fourth-order valence-corrected chi connectivity index (χ4v) is 1.47. The Kier molecular flexibility index (Phi) is 3.27. The summed E-state index contributed by atoms with van der Waals surface area (Å²) in [4.78, 5) is 0. The van der Waals surface area contributed by atoms with Gasteiger partial charge in [-0.1, -0.05) is 12.1 Å². The molecule has 0 bridgehead atoms. The van der Waals surface area contributed by atoms with Crippen LogP contribution in [0.1, 0.15) is 11.1 Å². The van der Waals surface area contributed by atoms with Crippen LogP contribution in [0.15, 0.2) is 22.7 Å². The SMILES string of the molecule is COCc1cccc(Br)c1C#N. The second-order valence-corrected chi connectivity index (χ2v) is 3.17. The summed E-state index contributed by atoms with van der Waals surface area (Å²) < 4.78 is 5.77. The molecule has 0 unspecified atom stereocenters. The van der Waals surface area contributed by atoms with E-state index in [1.54, 1.807) is 7.11 Å². The Bertz CT molecular complexity index is 317. The van der Waals surface area contributed by atoms with Crippen LogP contribution in [0.25, 0.3) is 0 Å². The number of rotatable bonds is 2.